The van der Waals surface area contributed by atoms with Crippen molar-refractivity contribution >= 4 is 12.0 Å². The van der Waals surface area contributed by atoms with E-state index in [0.29, 0.717) is 11.3 Å². The zero-order valence-electron chi connectivity index (χ0n) is 13.3. The number of methoxy groups -OCH3 is 1. The minimum atomic E-state index is -0.760. The number of halogens is 1. The molecule has 124 valence electrons. The van der Waals surface area contributed by atoms with Gasteiger partial charge in [0.05, 0.1) is 18.2 Å². The molecule has 23 heavy (non-hydrogen) atoms. The third-order valence-corrected chi connectivity index (χ3v) is 3.68. The quantitative estimate of drug-likeness (QED) is 0.665. The summed E-state index contributed by atoms with van der Waals surface area (Å²) in [5.74, 6) is -1.01. The number of ether oxygens (including phenoxy) is 2. The summed E-state index contributed by atoms with van der Waals surface area (Å²) in [5, 5.41) is 2.69. The number of carbonyl (C=O) groups is 2. The highest BCUT2D eigenvalue weighted by Crippen LogP contribution is 2.30. The third-order valence-electron chi connectivity index (χ3n) is 3.68. The lowest BCUT2D eigenvalue weighted by Crippen LogP contribution is -2.46. The van der Waals surface area contributed by atoms with E-state index in [0.717, 1.165) is 0 Å². The number of benzene rings is 1. The predicted molar refractivity (Wildman–Crippen MR) is 81.0 cm³/mol. The van der Waals surface area contributed by atoms with Crippen LogP contribution in [-0.2, 0) is 14.3 Å². The van der Waals surface area contributed by atoms with E-state index in [1.165, 1.54) is 30.2 Å². The molecule has 1 atom stereocenters. The summed E-state index contributed by atoms with van der Waals surface area (Å²) in [7, 11) is 3.05. The fourth-order valence-corrected chi connectivity index (χ4v) is 2.33. The van der Waals surface area contributed by atoms with Crippen LogP contribution in [0.15, 0.2) is 35.5 Å². The maximum absolute atomic E-state index is 13.5. The Bertz CT molecular complexity index is 645. The number of amides is 2. The standard InChI is InChI=1S/C16H19FN2O4/c1-10-13(15(20)23-8-7-22-3)14(18-16(21)19(10)2)11-5-4-6-12(17)9-11/h4-6,9,14H,7-8H2,1-3H3,(H,18,21)/t14-/m0/s1. The Hall–Kier alpha value is -2.41. The highest BCUT2D eigenvalue weighted by Gasteiger charge is 2.35. The number of nitrogens with one attached hydrogen (secondary N) is 1. The predicted octanol–water partition coefficient (Wildman–Crippen LogP) is 1.99. The SMILES string of the molecule is COCCOC(=O)C1=C(C)N(C)C(=O)N[C@H]1c1cccc(F)c1. The average molecular weight is 322 g/mol. The van der Waals surface area contributed by atoms with Crippen molar-refractivity contribution in [3.05, 3.63) is 46.9 Å². The lowest BCUT2D eigenvalue weighted by Gasteiger charge is -2.33. The second-order valence-electron chi connectivity index (χ2n) is 5.12. The summed E-state index contributed by atoms with van der Waals surface area (Å²) < 4.78 is 23.5. The second-order valence-corrected chi connectivity index (χ2v) is 5.12. The van der Waals surface area contributed by atoms with E-state index in [4.69, 9.17) is 9.47 Å². The van der Waals surface area contributed by atoms with Gasteiger partial charge in [0.1, 0.15) is 12.4 Å². The summed E-state index contributed by atoms with van der Waals surface area (Å²) in [5.41, 5.74) is 1.21. The Kier molecular flexibility index (Phi) is 5.33. The molecule has 7 heteroatoms. The molecule has 0 aliphatic carbocycles. The smallest absolute Gasteiger partial charge is 0.338 e. The van der Waals surface area contributed by atoms with Crippen LogP contribution in [0.2, 0.25) is 0 Å². The number of urea groups is 1. The topological polar surface area (TPSA) is 67.9 Å². The Balaban J connectivity index is 2.38. The summed E-state index contributed by atoms with van der Waals surface area (Å²) in [6.45, 7) is 2.02. The first kappa shape index (κ1) is 17.0. The van der Waals surface area contributed by atoms with Gasteiger partial charge in [-0.1, -0.05) is 12.1 Å². The molecule has 0 radical (unpaired) electrons. The van der Waals surface area contributed by atoms with E-state index >= 15 is 0 Å². The fourth-order valence-electron chi connectivity index (χ4n) is 2.33. The van der Waals surface area contributed by atoms with Crippen LogP contribution in [0, 0.1) is 5.82 Å². The number of hydrogen-bond donors (Lipinski definition) is 1. The van der Waals surface area contributed by atoms with Crippen molar-refractivity contribution in [2.75, 3.05) is 27.4 Å². The number of carbonyl (C=O) groups excluding carboxylic acids is 2. The molecule has 1 aliphatic heterocycles. The van der Waals surface area contributed by atoms with Gasteiger partial charge in [0.15, 0.2) is 0 Å². The van der Waals surface area contributed by atoms with Gasteiger partial charge < -0.3 is 19.7 Å². The minimum absolute atomic E-state index is 0.0969. The normalized spacial score (nSPS) is 18.0. The molecule has 0 aromatic heterocycles. The first-order valence-corrected chi connectivity index (χ1v) is 7.12. The number of hydrogen-bond acceptors (Lipinski definition) is 4. The van der Waals surface area contributed by atoms with Gasteiger partial charge in [-0.05, 0) is 24.6 Å². The van der Waals surface area contributed by atoms with Crippen LogP contribution < -0.4 is 5.32 Å². The first-order chi connectivity index (χ1) is 11.0. The highest BCUT2D eigenvalue weighted by molar-refractivity contribution is 5.94. The van der Waals surface area contributed by atoms with Crippen molar-refractivity contribution in [3.8, 4) is 0 Å². The van der Waals surface area contributed by atoms with Crippen LogP contribution in [0.4, 0.5) is 9.18 Å². The molecule has 2 rings (SSSR count). The molecule has 0 saturated heterocycles. The highest BCUT2D eigenvalue weighted by atomic mass is 19.1. The van der Waals surface area contributed by atoms with Crippen LogP contribution in [-0.4, -0.2) is 44.3 Å². The summed E-state index contributed by atoms with van der Waals surface area (Å²) in [6.07, 6.45) is 0. The van der Waals surface area contributed by atoms with Gasteiger partial charge in [0.25, 0.3) is 0 Å². The van der Waals surface area contributed by atoms with E-state index in [-0.39, 0.29) is 24.8 Å². The van der Waals surface area contributed by atoms with E-state index < -0.39 is 17.8 Å². The van der Waals surface area contributed by atoms with Crippen molar-refractivity contribution in [1.82, 2.24) is 10.2 Å². The maximum atomic E-state index is 13.5. The van der Waals surface area contributed by atoms with Gasteiger partial charge in [-0.15, -0.1) is 0 Å². The lowest BCUT2D eigenvalue weighted by atomic mass is 9.95. The number of esters is 1. The Labute approximate surface area is 133 Å². The molecule has 1 N–H and O–H groups in total. The fraction of sp³-hybridized carbons (Fsp3) is 0.375. The van der Waals surface area contributed by atoms with Crippen molar-refractivity contribution < 1.29 is 23.5 Å². The maximum Gasteiger partial charge on any atom is 0.338 e. The van der Waals surface area contributed by atoms with E-state index in [1.54, 1.807) is 20.0 Å². The van der Waals surface area contributed by atoms with Crippen molar-refractivity contribution in [1.29, 1.82) is 0 Å². The van der Waals surface area contributed by atoms with E-state index in [2.05, 4.69) is 5.32 Å². The molecule has 2 amide bonds. The third kappa shape index (κ3) is 3.68. The summed E-state index contributed by atoms with van der Waals surface area (Å²) in [4.78, 5) is 25.7. The molecule has 1 aliphatic rings. The van der Waals surface area contributed by atoms with Crippen LogP contribution in [0.5, 0.6) is 0 Å². The molecule has 0 fully saturated rings. The van der Waals surface area contributed by atoms with Crippen LogP contribution in [0.1, 0.15) is 18.5 Å². The second kappa shape index (κ2) is 7.23. The number of allylic oxidation sites excluding steroid dienone is 1. The molecule has 0 spiro atoms. The van der Waals surface area contributed by atoms with Crippen LogP contribution >= 0.6 is 0 Å². The molecule has 0 unspecified atom stereocenters. The number of rotatable bonds is 5. The molecule has 1 aromatic rings. The van der Waals surface area contributed by atoms with Crippen LogP contribution in [0.3, 0.4) is 0 Å². The van der Waals surface area contributed by atoms with Gasteiger partial charge in [0.2, 0.25) is 0 Å². The largest absolute Gasteiger partial charge is 0.460 e. The molecular weight excluding hydrogens is 303 g/mol. The van der Waals surface area contributed by atoms with Gasteiger partial charge in [0, 0.05) is 19.9 Å². The summed E-state index contributed by atoms with van der Waals surface area (Å²) >= 11 is 0. The molecule has 0 saturated carbocycles. The zero-order chi connectivity index (χ0) is 17.0. The van der Waals surface area contributed by atoms with Gasteiger partial charge >= 0.3 is 12.0 Å². The average Bonchev–Trinajstić information content (AvgIpc) is 2.52. The van der Waals surface area contributed by atoms with Crippen molar-refractivity contribution in [3.63, 3.8) is 0 Å². The monoisotopic (exact) mass is 322 g/mol. The first-order valence-electron chi connectivity index (χ1n) is 7.12. The van der Waals surface area contributed by atoms with E-state index in [1.807, 2.05) is 0 Å². The molecular formula is C16H19FN2O4. The zero-order valence-corrected chi connectivity index (χ0v) is 13.3. The molecule has 6 nitrogen and oxygen atoms in total. The molecule has 1 heterocycles. The van der Waals surface area contributed by atoms with Crippen LogP contribution in [0.25, 0.3) is 0 Å². The van der Waals surface area contributed by atoms with Crippen molar-refractivity contribution in [2.45, 2.75) is 13.0 Å². The van der Waals surface area contributed by atoms with Gasteiger partial charge in [-0.25, -0.2) is 14.0 Å². The Morgan fingerprint density at radius 2 is 2.13 bits per heavy atom. The van der Waals surface area contributed by atoms with Gasteiger partial charge in [-0.2, -0.15) is 0 Å². The lowest BCUT2D eigenvalue weighted by molar-refractivity contribution is -0.140. The Morgan fingerprint density at radius 1 is 1.39 bits per heavy atom. The Morgan fingerprint density at radius 3 is 2.78 bits per heavy atom. The van der Waals surface area contributed by atoms with Gasteiger partial charge in [-0.3, -0.25) is 0 Å². The van der Waals surface area contributed by atoms with E-state index in [9.17, 15) is 14.0 Å². The molecule has 1 aromatic carbocycles. The minimum Gasteiger partial charge on any atom is -0.460 e. The van der Waals surface area contributed by atoms with Crippen molar-refractivity contribution in [2.24, 2.45) is 0 Å². The number of nitrogens with zero attached hydrogens (tertiary/aromatic N) is 1. The molecule has 0 bridgehead atoms. The summed E-state index contributed by atoms with van der Waals surface area (Å²) in [6, 6.07) is 4.63.